The molecule has 0 aromatic heterocycles. The molecule has 50 valence electrons. The van der Waals surface area contributed by atoms with E-state index >= 15 is 0 Å². The average Bonchev–Trinajstić information content (AvgIpc) is 1.87. The second-order valence-corrected chi connectivity index (χ2v) is 2.16. The van der Waals surface area contributed by atoms with Crippen LogP contribution in [0.1, 0.15) is 20.3 Å². The molecule has 0 aromatic rings. The molecule has 0 aliphatic rings. The average molecular weight is 122 g/mol. The van der Waals surface area contributed by atoms with Gasteiger partial charge in [-0.2, -0.15) is 0 Å². The van der Waals surface area contributed by atoms with Gasteiger partial charge in [0.15, 0.2) is 0 Å². The summed E-state index contributed by atoms with van der Waals surface area (Å²) in [6, 6.07) is 0. The molecule has 0 heterocycles. The standard InChI is InChI=1S/C9H14/c1-5-7-9(4)8(3)6-2/h5-6H,1-2,7H2,3-4H3/b9-8-. The van der Waals surface area contributed by atoms with E-state index < -0.39 is 0 Å². The van der Waals surface area contributed by atoms with Crippen molar-refractivity contribution in [3.8, 4) is 0 Å². The van der Waals surface area contributed by atoms with Crippen molar-refractivity contribution in [1.82, 2.24) is 0 Å². The summed E-state index contributed by atoms with van der Waals surface area (Å²) in [5, 5.41) is 0. The quantitative estimate of drug-likeness (QED) is 0.398. The van der Waals surface area contributed by atoms with Gasteiger partial charge in [0.05, 0.1) is 0 Å². The van der Waals surface area contributed by atoms with Crippen molar-refractivity contribution in [3.63, 3.8) is 0 Å². The second-order valence-electron chi connectivity index (χ2n) is 2.16. The Morgan fingerprint density at radius 3 is 2.22 bits per heavy atom. The van der Waals surface area contributed by atoms with Crippen molar-refractivity contribution < 1.29 is 0 Å². The summed E-state index contributed by atoms with van der Waals surface area (Å²) in [4.78, 5) is 0. The van der Waals surface area contributed by atoms with E-state index in [0.717, 1.165) is 6.42 Å². The molecule has 0 nitrogen and oxygen atoms in total. The highest BCUT2D eigenvalue weighted by Crippen LogP contribution is 2.07. The Morgan fingerprint density at radius 1 is 1.33 bits per heavy atom. The predicted octanol–water partition coefficient (Wildman–Crippen LogP) is 3.08. The van der Waals surface area contributed by atoms with E-state index in [4.69, 9.17) is 0 Å². The van der Waals surface area contributed by atoms with Crippen LogP contribution in [0, 0.1) is 0 Å². The van der Waals surface area contributed by atoms with Gasteiger partial charge in [-0.15, -0.1) is 6.58 Å². The van der Waals surface area contributed by atoms with E-state index in [1.54, 1.807) is 0 Å². The molecule has 0 heteroatoms. The van der Waals surface area contributed by atoms with Crippen molar-refractivity contribution >= 4 is 0 Å². The molecule has 0 aromatic carbocycles. The molecule has 9 heavy (non-hydrogen) atoms. The molecule has 0 bridgehead atoms. The first kappa shape index (κ1) is 8.22. The first-order valence-electron chi connectivity index (χ1n) is 3.12. The van der Waals surface area contributed by atoms with Gasteiger partial charge in [0, 0.05) is 0 Å². The summed E-state index contributed by atoms with van der Waals surface area (Å²) in [6.07, 6.45) is 4.75. The fourth-order valence-corrected chi connectivity index (χ4v) is 0.552. The van der Waals surface area contributed by atoms with E-state index in [1.165, 1.54) is 11.1 Å². The van der Waals surface area contributed by atoms with Gasteiger partial charge < -0.3 is 0 Å². The van der Waals surface area contributed by atoms with Gasteiger partial charge in [0.1, 0.15) is 0 Å². The van der Waals surface area contributed by atoms with Gasteiger partial charge in [0.2, 0.25) is 0 Å². The molecule has 0 saturated heterocycles. The minimum atomic E-state index is 0.970. The lowest BCUT2D eigenvalue weighted by atomic mass is 10.1. The monoisotopic (exact) mass is 122 g/mol. The second kappa shape index (κ2) is 4.13. The van der Waals surface area contributed by atoms with Crippen molar-refractivity contribution in [2.24, 2.45) is 0 Å². The van der Waals surface area contributed by atoms with Crippen LogP contribution in [0.4, 0.5) is 0 Å². The lowest BCUT2D eigenvalue weighted by Gasteiger charge is -1.97. The highest BCUT2D eigenvalue weighted by Gasteiger charge is 1.87. The van der Waals surface area contributed by atoms with Gasteiger partial charge in [-0.05, 0) is 20.3 Å². The Balaban J connectivity index is 4.08. The summed E-state index contributed by atoms with van der Waals surface area (Å²) >= 11 is 0. The van der Waals surface area contributed by atoms with E-state index in [-0.39, 0.29) is 0 Å². The topological polar surface area (TPSA) is 0 Å². The molecule has 0 unspecified atom stereocenters. The largest absolute Gasteiger partial charge is 0.103 e. The Morgan fingerprint density at radius 2 is 1.89 bits per heavy atom. The third-order valence-corrected chi connectivity index (χ3v) is 1.43. The Bertz CT molecular complexity index is 138. The van der Waals surface area contributed by atoms with Crippen LogP contribution in [0.5, 0.6) is 0 Å². The Hall–Kier alpha value is -0.780. The highest BCUT2D eigenvalue weighted by atomic mass is 13.9. The number of hydrogen-bond donors (Lipinski definition) is 0. The molecule has 0 spiro atoms. The molecule has 0 amide bonds. The maximum atomic E-state index is 3.67. The van der Waals surface area contributed by atoms with Crippen LogP contribution in [0.2, 0.25) is 0 Å². The van der Waals surface area contributed by atoms with E-state index in [0.29, 0.717) is 0 Å². The fraction of sp³-hybridized carbons (Fsp3) is 0.333. The highest BCUT2D eigenvalue weighted by molar-refractivity contribution is 5.21. The molecule has 0 atom stereocenters. The molecular weight excluding hydrogens is 108 g/mol. The third kappa shape index (κ3) is 2.91. The number of rotatable bonds is 3. The summed E-state index contributed by atoms with van der Waals surface area (Å²) in [7, 11) is 0. The summed E-state index contributed by atoms with van der Waals surface area (Å²) < 4.78 is 0. The summed E-state index contributed by atoms with van der Waals surface area (Å²) in [6.45, 7) is 11.5. The Labute approximate surface area is 57.6 Å². The lowest BCUT2D eigenvalue weighted by Crippen LogP contribution is -1.76. The third-order valence-electron chi connectivity index (χ3n) is 1.43. The van der Waals surface area contributed by atoms with Crippen LogP contribution in [-0.2, 0) is 0 Å². The maximum Gasteiger partial charge on any atom is -0.0139 e. The number of hydrogen-bond acceptors (Lipinski definition) is 0. The van der Waals surface area contributed by atoms with E-state index in [9.17, 15) is 0 Å². The first-order valence-corrected chi connectivity index (χ1v) is 3.12. The Kier molecular flexibility index (Phi) is 3.78. The van der Waals surface area contributed by atoms with Crippen LogP contribution in [0.3, 0.4) is 0 Å². The molecule has 0 rings (SSSR count). The lowest BCUT2D eigenvalue weighted by molar-refractivity contribution is 1.17. The van der Waals surface area contributed by atoms with Crippen molar-refractivity contribution in [2.75, 3.05) is 0 Å². The molecule has 0 radical (unpaired) electrons. The zero-order valence-corrected chi connectivity index (χ0v) is 6.28. The summed E-state index contributed by atoms with van der Waals surface area (Å²) in [5.41, 5.74) is 2.61. The van der Waals surface area contributed by atoms with E-state index in [1.807, 2.05) is 12.2 Å². The maximum absolute atomic E-state index is 3.67. The minimum absolute atomic E-state index is 0.970. The van der Waals surface area contributed by atoms with Gasteiger partial charge >= 0.3 is 0 Å². The van der Waals surface area contributed by atoms with Crippen LogP contribution in [0.15, 0.2) is 36.5 Å². The predicted molar refractivity (Wildman–Crippen MR) is 43.4 cm³/mol. The minimum Gasteiger partial charge on any atom is -0.103 e. The molecule has 0 fully saturated rings. The van der Waals surface area contributed by atoms with Crippen molar-refractivity contribution in [2.45, 2.75) is 20.3 Å². The van der Waals surface area contributed by atoms with Crippen LogP contribution < -0.4 is 0 Å². The molecular formula is C9H14. The van der Waals surface area contributed by atoms with Crippen molar-refractivity contribution in [3.05, 3.63) is 36.5 Å². The smallest absolute Gasteiger partial charge is 0.0139 e. The van der Waals surface area contributed by atoms with Gasteiger partial charge in [0.25, 0.3) is 0 Å². The summed E-state index contributed by atoms with van der Waals surface area (Å²) in [5.74, 6) is 0. The SMILES string of the molecule is C=CC/C(C)=C(/C)C=C. The molecule has 0 aliphatic heterocycles. The first-order chi connectivity index (χ1) is 4.22. The van der Waals surface area contributed by atoms with Crippen LogP contribution in [-0.4, -0.2) is 0 Å². The molecule has 0 saturated carbocycles. The molecule has 0 N–H and O–H groups in total. The molecule has 0 aliphatic carbocycles. The van der Waals surface area contributed by atoms with Crippen LogP contribution in [0.25, 0.3) is 0 Å². The van der Waals surface area contributed by atoms with Gasteiger partial charge in [-0.25, -0.2) is 0 Å². The van der Waals surface area contributed by atoms with Crippen molar-refractivity contribution in [1.29, 1.82) is 0 Å². The normalized spacial score (nSPS) is 12.2. The van der Waals surface area contributed by atoms with Gasteiger partial charge in [-0.3, -0.25) is 0 Å². The van der Waals surface area contributed by atoms with Gasteiger partial charge in [-0.1, -0.05) is 29.9 Å². The van der Waals surface area contributed by atoms with Crippen LogP contribution >= 0.6 is 0 Å². The van der Waals surface area contributed by atoms with E-state index in [2.05, 4.69) is 27.0 Å². The zero-order chi connectivity index (χ0) is 7.28. The fourth-order valence-electron chi connectivity index (χ4n) is 0.552. The number of allylic oxidation sites excluding steroid dienone is 4. The zero-order valence-electron chi connectivity index (χ0n) is 6.28.